The van der Waals surface area contributed by atoms with Crippen LogP contribution in [0, 0.1) is 13.8 Å². The van der Waals surface area contributed by atoms with Gasteiger partial charge < -0.3 is 10.1 Å². The van der Waals surface area contributed by atoms with E-state index in [1.165, 1.54) is 30.6 Å². The highest BCUT2D eigenvalue weighted by Crippen LogP contribution is 2.27. The summed E-state index contributed by atoms with van der Waals surface area (Å²) in [7, 11) is -0.804. The Kier molecular flexibility index (Phi) is 6.12. The molecule has 0 fully saturated rings. The Morgan fingerprint density at radius 1 is 0.933 bits per heavy atom. The lowest BCUT2D eigenvalue weighted by molar-refractivity contribution is 0.102. The Balaban J connectivity index is 1.89. The molecule has 156 valence electrons. The lowest BCUT2D eigenvalue weighted by Crippen LogP contribution is -2.27. The molecule has 0 aromatic heterocycles. The first-order chi connectivity index (χ1) is 14.2. The van der Waals surface area contributed by atoms with Gasteiger partial charge in [-0.1, -0.05) is 23.8 Å². The molecule has 30 heavy (non-hydrogen) atoms. The summed E-state index contributed by atoms with van der Waals surface area (Å²) < 4.78 is 32.4. The quantitative estimate of drug-likeness (QED) is 0.637. The fourth-order valence-electron chi connectivity index (χ4n) is 2.97. The molecule has 0 aliphatic carbocycles. The van der Waals surface area contributed by atoms with Crippen LogP contribution in [0.1, 0.15) is 21.5 Å². The van der Waals surface area contributed by atoms with Crippen LogP contribution in [-0.4, -0.2) is 28.5 Å². The van der Waals surface area contributed by atoms with E-state index in [1.54, 1.807) is 37.3 Å². The van der Waals surface area contributed by atoms with Crippen molar-refractivity contribution in [1.29, 1.82) is 0 Å². The molecule has 1 amide bonds. The topological polar surface area (TPSA) is 75.7 Å². The number of methoxy groups -OCH3 is 1. The van der Waals surface area contributed by atoms with Gasteiger partial charge in [-0.05, 0) is 67.9 Å². The molecule has 0 aliphatic rings. The molecule has 3 rings (SSSR count). The summed E-state index contributed by atoms with van der Waals surface area (Å²) in [6.45, 7) is 3.77. The van der Waals surface area contributed by atoms with Crippen molar-refractivity contribution >= 4 is 27.3 Å². The number of rotatable bonds is 6. The van der Waals surface area contributed by atoms with Crippen LogP contribution < -0.4 is 14.4 Å². The van der Waals surface area contributed by atoms with Crippen molar-refractivity contribution in [3.8, 4) is 5.75 Å². The van der Waals surface area contributed by atoms with E-state index < -0.39 is 10.0 Å². The zero-order valence-electron chi connectivity index (χ0n) is 17.3. The van der Waals surface area contributed by atoms with Crippen molar-refractivity contribution in [3.63, 3.8) is 0 Å². The van der Waals surface area contributed by atoms with Gasteiger partial charge in [0.05, 0.1) is 17.7 Å². The van der Waals surface area contributed by atoms with Gasteiger partial charge in [0.25, 0.3) is 15.9 Å². The standard InChI is InChI=1S/C23H24N2O4S/c1-16-5-9-19(10-6-16)24-23(26)18-8-7-17(2)22(15-18)25(3)30(27,28)21-13-11-20(29-4)12-14-21/h5-15H,1-4H3,(H,24,26). The SMILES string of the molecule is COc1ccc(S(=O)(=O)N(C)c2cc(C(=O)Nc3ccc(C)cc3)ccc2C)cc1. The average molecular weight is 425 g/mol. The highest BCUT2D eigenvalue weighted by atomic mass is 32.2. The minimum atomic E-state index is -3.80. The van der Waals surface area contributed by atoms with E-state index in [9.17, 15) is 13.2 Å². The summed E-state index contributed by atoms with van der Waals surface area (Å²) in [5, 5.41) is 2.83. The molecular weight excluding hydrogens is 400 g/mol. The number of anilines is 2. The molecule has 0 unspecified atom stereocenters. The number of nitrogens with one attached hydrogen (secondary N) is 1. The second kappa shape index (κ2) is 8.59. The van der Waals surface area contributed by atoms with Crippen LogP contribution >= 0.6 is 0 Å². The molecule has 1 N–H and O–H groups in total. The van der Waals surface area contributed by atoms with E-state index in [2.05, 4.69) is 5.32 Å². The number of amides is 1. The lowest BCUT2D eigenvalue weighted by atomic mass is 10.1. The molecule has 3 aromatic rings. The third-order valence-corrected chi connectivity index (χ3v) is 6.62. The Morgan fingerprint density at radius 2 is 1.57 bits per heavy atom. The zero-order chi connectivity index (χ0) is 21.9. The van der Waals surface area contributed by atoms with Crippen LogP contribution in [0.2, 0.25) is 0 Å². The molecule has 0 aliphatic heterocycles. The highest BCUT2D eigenvalue weighted by molar-refractivity contribution is 7.92. The van der Waals surface area contributed by atoms with Crippen molar-refractivity contribution in [2.45, 2.75) is 18.7 Å². The van der Waals surface area contributed by atoms with E-state index in [0.29, 0.717) is 22.7 Å². The monoisotopic (exact) mass is 424 g/mol. The third kappa shape index (κ3) is 4.46. The van der Waals surface area contributed by atoms with Crippen molar-refractivity contribution in [3.05, 3.63) is 83.4 Å². The molecule has 0 bridgehead atoms. The number of benzene rings is 3. The maximum Gasteiger partial charge on any atom is 0.264 e. The number of hydrogen-bond acceptors (Lipinski definition) is 4. The number of sulfonamides is 1. The molecule has 7 heteroatoms. The number of carbonyl (C=O) groups excluding carboxylic acids is 1. The maximum atomic E-state index is 13.1. The molecule has 0 heterocycles. The Hall–Kier alpha value is -3.32. The molecule has 0 spiro atoms. The van der Waals surface area contributed by atoms with Gasteiger partial charge in [0.1, 0.15) is 5.75 Å². The van der Waals surface area contributed by atoms with Gasteiger partial charge in [0, 0.05) is 18.3 Å². The van der Waals surface area contributed by atoms with Crippen molar-refractivity contribution in [2.24, 2.45) is 0 Å². The van der Waals surface area contributed by atoms with Crippen molar-refractivity contribution in [2.75, 3.05) is 23.8 Å². The Morgan fingerprint density at radius 3 is 2.17 bits per heavy atom. The maximum absolute atomic E-state index is 13.1. The summed E-state index contributed by atoms with van der Waals surface area (Å²) in [4.78, 5) is 12.8. The molecule has 6 nitrogen and oxygen atoms in total. The van der Waals surface area contributed by atoms with Crippen LogP contribution in [0.4, 0.5) is 11.4 Å². The van der Waals surface area contributed by atoms with Crippen LogP contribution in [0.3, 0.4) is 0 Å². The molecule has 3 aromatic carbocycles. The fourth-order valence-corrected chi connectivity index (χ4v) is 4.22. The van der Waals surface area contributed by atoms with Gasteiger partial charge in [0.15, 0.2) is 0 Å². The predicted octanol–water partition coefficient (Wildman–Crippen LogP) is 4.39. The number of hydrogen-bond donors (Lipinski definition) is 1. The van der Waals surface area contributed by atoms with Gasteiger partial charge in [0.2, 0.25) is 0 Å². The second-order valence-electron chi connectivity index (χ2n) is 6.97. The number of nitrogens with zero attached hydrogens (tertiary/aromatic N) is 1. The summed E-state index contributed by atoms with van der Waals surface area (Å²) in [5.74, 6) is 0.262. The largest absolute Gasteiger partial charge is 0.497 e. The second-order valence-corrected chi connectivity index (χ2v) is 8.94. The third-order valence-electron chi connectivity index (χ3n) is 4.84. The van der Waals surface area contributed by atoms with Gasteiger partial charge >= 0.3 is 0 Å². The fraction of sp³-hybridized carbons (Fsp3) is 0.174. The van der Waals surface area contributed by atoms with E-state index in [4.69, 9.17) is 4.74 Å². The van der Waals surface area contributed by atoms with Crippen molar-refractivity contribution < 1.29 is 17.9 Å². The first-order valence-corrected chi connectivity index (χ1v) is 10.8. The van der Waals surface area contributed by atoms with Gasteiger partial charge in [-0.25, -0.2) is 8.42 Å². The predicted molar refractivity (Wildman–Crippen MR) is 119 cm³/mol. The number of aryl methyl sites for hydroxylation is 2. The van der Waals surface area contributed by atoms with Gasteiger partial charge in [-0.2, -0.15) is 0 Å². The summed E-state index contributed by atoms with van der Waals surface area (Å²) >= 11 is 0. The minimum absolute atomic E-state index is 0.139. The van der Waals surface area contributed by atoms with Crippen molar-refractivity contribution in [1.82, 2.24) is 0 Å². The normalized spacial score (nSPS) is 11.1. The average Bonchev–Trinajstić information content (AvgIpc) is 2.75. The first-order valence-electron chi connectivity index (χ1n) is 9.34. The molecule has 0 atom stereocenters. The minimum Gasteiger partial charge on any atom is -0.497 e. The van der Waals surface area contributed by atoms with Gasteiger partial charge in [-0.3, -0.25) is 9.10 Å². The van der Waals surface area contributed by atoms with Crippen LogP contribution in [0.15, 0.2) is 71.6 Å². The molecular formula is C23H24N2O4S. The zero-order valence-corrected chi connectivity index (χ0v) is 18.2. The van der Waals surface area contributed by atoms with E-state index >= 15 is 0 Å². The molecule has 0 saturated heterocycles. The summed E-state index contributed by atoms with van der Waals surface area (Å²) in [6, 6.07) is 18.6. The molecule has 0 radical (unpaired) electrons. The Bertz CT molecular complexity index is 1150. The van der Waals surface area contributed by atoms with E-state index in [1.807, 2.05) is 31.2 Å². The summed E-state index contributed by atoms with van der Waals surface area (Å²) in [5.41, 5.74) is 3.31. The summed E-state index contributed by atoms with van der Waals surface area (Å²) in [6.07, 6.45) is 0. The molecule has 0 saturated carbocycles. The number of ether oxygens (including phenoxy) is 1. The van der Waals surface area contributed by atoms with Crippen LogP contribution in [-0.2, 0) is 10.0 Å². The van der Waals surface area contributed by atoms with E-state index in [0.717, 1.165) is 11.1 Å². The number of carbonyl (C=O) groups is 1. The van der Waals surface area contributed by atoms with E-state index in [-0.39, 0.29) is 10.8 Å². The Labute approximate surface area is 177 Å². The van der Waals surface area contributed by atoms with Crippen LogP contribution in [0.5, 0.6) is 5.75 Å². The lowest BCUT2D eigenvalue weighted by Gasteiger charge is -2.22. The first kappa shape index (κ1) is 21.4. The van der Waals surface area contributed by atoms with Gasteiger partial charge in [-0.15, -0.1) is 0 Å². The van der Waals surface area contributed by atoms with Crippen LogP contribution in [0.25, 0.3) is 0 Å². The highest BCUT2D eigenvalue weighted by Gasteiger charge is 2.23. The smallest absolute Gasteiger partial charge is 0.264 e.